The molecule has 2 aromatic rings. The highest BCUT2D eigenvalue weighted by Gasteiger charge is 2.15. The molecule has 0 radical (unpaired) electrons. The van der Waals surface area contributed by atoms with E-state index in [1.165, 1.54) is 6.26 Å². The SMILES string of the molecule is Cc1c(O)cc(C)c2c(CC(=O)O)coc12. The Balaban J connectivity index is 2.72. The monoisotopic (exact) mass is 220 g/mol. The average molecular weight is 220 g/mol. The maximum absolute atomic E-state index is 10.7. The molecule has 2 N–H and O–H groups in total. The van der Waals surface area contributed by atoms with Crippen LogP contribution in [0.15, 0.2) is 16.7 Å². The number of fused-ring (bicyclic) bond motifs is 1. The van der Waals surface area contributed by atoms with Gasteiger partial charge in [0, 0.05) is 16.5 Å². The Kier molecular flexibility index (Phi) is 2.34. The van der Waals surface area contributed by atoms with Crippen molar-refractivity contribution in [3.8, 4) is 5.75 Å². The summed E-state index contributed by atoms with van der Waals surface area (Å²) in [5.41, 5.74) is 2.66. The number of carbonyl (C=O) groups is 1. The van der Waals surface area contributed by atoms with Gasteiger partial charge in [-0.3, -0.25) is 4.79 Å². The number of aliphatic carboxylic acids is 1. The molecule has 4 nitrogen and oxygen atoms in total. The summed E-state index contributed by atoms with van der Waals surface area (Å²) in [6.07, 6.45) is 1.37. The lowest BCUT2D eigenvalue weighted by Gasteiger charge is -2.03. The molecule has 0 amide bonds. The smallest absolute Gasteiger partial charge is 0.307 e. The van der Waals surface area contributed by atoms with E-state index in [2.05, 4.69) is 0 Å². The first-order valence-electron chi connectivity index (χ1n) is 4.91. The normalized spacial score (nSPS) is 10.9. The number of hydrogen-bond acceptors (Lipinski definition) is 3. The van der Waals surface area contributed by atoms with Crippen molar-refractivity contribution in [2.24, 2.45) is 0 Å². The van der Waals surface area contributed by atoms with E-state index in [4.69, 9.17) is 9.52 Å². The van der Waals surface area contributed by atoms with Gasteiger partial charge in [0.2, 0.25) is 0 Å². The maximum atomic E-state index is 10.7. The van der Waals surface area contributed by atoms with E-state index >= 15 is 0 Å². The van der Waals surface area contributed by atoms with Gasteiger partial charge < -0.3 is 14.6 Å². The number of phenols is 1. The van der Waals surface area contributed by atoms with Crippen molar-refractivity contribution >= 4 is 16.9 Å². The minimum absolute atomic E-state index is 0.0714. The molecule has 0 aliphatic carbocycles. The second-order valence-electron chi connectivity index (χ2n) is 3.87. The highest BCUT2D eigenvalue weighted by Crippen LogP contribution is 2.33. The standard InChI is InChI=1S/C12H12O4/c1-6-3-9(13)7(2)12-11(6)8(5-16-12)4-10(14)15/h3,5,13H,4H2,1-2H3,(H,14,15). The van der Waals surface area contributed by atoms with E-state index in [1.807, 2.05) is 6.92 Å². The van der Waals surface area contributed by atoms with Crippen LogP contribution in [0, 0.1) is 13.8 Å². The molecule has 16 heavy (non-hydrogen) atoms. The summed E-state index contributed by atoms with van der Waals surface area (Å²) in [5.74, 6) is -0.728. The number of carboxylic acid groups (broad SMARTS) is 1. The molecular weight excluding hydrogens is 208 g/mol. The molecule has 0 atom stereocenters. The number of hydrogen-bond donors (Lipinski definition) is 2. The summed E-state index contributed by atoms with van der Waals surface area (Å²) in [6.45, 7) is 3.56. The number of rotatable bonds is 2. The van der Waals surface area contributed by atoms with Crippen molar-refractivity contribution in [2.75, 3.05) is 0 Å². The van der Waals surface area contributed by atoms with Crippen LogP contribution in [0.25, 0.3) is 11.0 Å². The highest BCUT2D eigenvalue weighted by molar-refractivity contribution is 5.91. The molecule has 1 heterocycles. The van der Waals surface area contributed by atoms with Gasteiger partial charge in [-0.2, -0.15) is 0 Å². The number of phenolic OH excluding ortho intramolecular Hbond substituents is 1. The topological polar surface area (TPSA) is 70.7 Å². The van der Waals surface area contributed by atoms with E-state index in [9.17, 15) is 9.90 Å². The Morgan fingerprint density at radius 1 is 1.44 bits per heavy atom. The van der Waals surface area contributed by atoms with Gasteiger partial charge in [-0.1, -0.05) is 0 Å². The number of carboxylic acids is 1. The van der Waals surface area contributed by atoms with Crippen LogP contribution >= 0.6 is 0 Å². The van der Waals surface area contributed by atoms with E-state index in [1.54, 1.807) is 13.0 Å². The first-order chi connectivity index (χ1) is 7.50. The zero-order valence-corrected chi connectivity index (χ0v) is 9.07. The molecule has 0 spiro atoms. The minimum atomic E-state index is -0.896. The van der Waals surface area contributed by atoms with E-state index in [-0.39, 0.29) is 12.2 Å². The fraction of sp³-hybridized carbons (Fsp3) is 0.250. The van der Waals surface area contributed by atoms with E-state index in [0.29, 0.717) is 16.7 Å². The summed E-state index contributed by atoms with van der Waals surface area (Å²) in [7, 11) is 0. The third-order valence-electron chi connectivity index (χ3n) is 2.68. The van der Waals surface area contributed by atoms with Gasteiger partial charge in [0.1, 0.15) is 11.3 Å². The molecule has 0 aliphatic heterocycles. The number of furan rings is 1. The second-order valence-corrected chi connectivity index (χ2v) is 3.87. The van der Waals surface area contributed by atoms with Gasteiger partial charge in [0.25, 0.3) is 0 Å². The Hall–Kier alpha value is -1.97. The van der Waals surface area contributed by atoms with Crippen LogP contribution in [0.2, 0.25) is 0 Å². The van der Waals surface area contributed by atoms with Gasteiger partial charge in [-0.25, -0.2) is 0 Å². The first-order valence-corrected chi connectivity index (χ1v) is 4.91. The van der Waals surface area contributed by atoms with Crippen molar-refractivity contribution in [1.29, 1.82) is 0 Å². The summed E-state index contributed by atoms with van der Waals surface area (Å²) in [4.78, 5) is 10.7. The lowest BCUT2D eigenvalue weighted by Crippen LogP contribution is -1.99. The fourth-order valence-electron chi connectivity index (χ4n) is 1.90. The summed E-state index contributed by atoms with van der Waals surface area (Å²) in [6, 6.07) is 1.62. The van der Waals surface area contributed by atoms with Gasteiger partial charge in [0.15, 0.2) is 0 Å². The maximum Gasteiger partial charge on any atom is 0.307 e. The third kappa shape index (κ3) is 1.52. The predicted octanol–water partition coefficient (Wildman–Crippen LogP) is 2.38. The molecule has 0 aliphatic rings. The molecule has 0 bridgehead atoms. The van der Waals surface area contributed by atoms with Gasteiger partial charge in [0.05, 0.1) is 12.7 Å². The van der Waals surface area contributed by atoms with Crippen LogP contribution in [-0.4, -0.2) is 16.2 Å². The molecule has 0 fully saturated rings. The van der Waals surface area contributed by atoms with Crippen molar-refractivity contribution in [1.82, 2.24) is 0 Å². The molecule has 0 unspecified atom stereocenters. The summed E-state index contributed by atoms with van der Waals surface area (Å²) >= 11 is 0. The zero-order valence-electron chi connectivity index (χ0n) is 9.07. The second kappa shape index (κ2) is 3.56. The predicted molar refractivity (Wildman–Crippen MR) is 58.7 cm³/mol. The van der Waals surface area contributed by atoms with Crippen LogP contribution in [0.4, 0.5) is 0 Å². The molecule has 0 saturated heterocycles. The van der Waals surface area contributed by atoms with Crippen LogP contribution < -0.4 is 0 Å². The molecule has 0 saturated carbocycles. The summed E-state index contributed by atoms with van der Waals surface area (Å²) in [5, 5.41) is 19.2. The van der Waals surface area contributed by atoms with Gasteiger partial charge >= 0.3 is 5.97 Å². The Bertz CT molecular complexity index is 566. The van der Waals surface area contributed by atoms with Crippen molar-refractivity contribution in [3.63, 3.8) is 0 Å². The van der Waals surface area contributed by atoms with Crippen LogP contribution in [-0.2, 0) is 11.2 Å². The lowest BCUT2D eigenvalue weighted by molar-refractivity contribution is -0.136. The fourth-order valence-corrected chi connectivity index (χ4v) is 1.90. The first kappa shape index (κ1) is 10.5. The molecule has 1 aromatic heterocycles. The van der Waals surface area contributed by atoms with Crippen LogP contribution in [0.1, 0.15) is 16.7 Å². The quantitative estimate of drug-likeness (QED) is 0.815. The third-order valence-corrected chi connectivity index (χ3v) is 2.68. The molecule has 84 valence electrons. The molecule has 4 heteroatoms. The Morgan fingerprint density at radius 2 is 2.12 bits per heavy atom. The molecule has 2 rings (SSSR count). The van der Waals surface area contributed by atoms with Crippen LogP contribution in [0.3, 0.4) is 0 Å². The zero-order chi connectivity index (χ0) is 11.9. The Labute approximate surface area is 92.1 Å². The molecule has 1 aromatic carbocycles. The van der Waals surface area contributed by atoms with Gasteiger partial charge in [-0.05, 0) is 25.5 Å². The van der Waals surface area contributed by atoms with E-state index in [0.717, 1.165) is 10.9 Å². The highest BCUT2D eigenvalue weighted by atomic mass is 16.4. The van der Waals surface area contributed by atoms with Gasteiger partial charge in [-0.15, -0.1) is 0 Å². The van der Waals surface area contributed by atoms with E-state index < -0.39 is 5.97 Å². The van der Waals surface area contributed by atoms with Crippen molar-refractivity contribution in [2.45, 2.75) is 20.3 Å². The summed E-state index contributed by atoms with van der Waals surface area (Å²) < 4.78 is 5.32. The Morgan fingerprint density at radius 3 is 2.75 bits per heavy atom. The van der Waals surface area contributed by atoms with Crippen LogP contribution in [0.5, 0.6) is 5.75 Å². The van der Waals surface area contributed by atoms with Crippen molar-refractivity contribution in [3.05, 3.63) is 29.0 Å². The average Bonchev–Trinajstić information content (AvgIpc) is 2.58. The number of aromatic hydroxyl groups is 1. The van der Waals surface area contributed by atoms with Crippen molar-refractivity contribution < 1.29 is 19.4 Å². The lowest BCUT2D eigenvalue weighted by atomic mass is 10.0. The largest absolute Gasteiger partial charge is 0.508 e. The number of benzene rings is 1. The minimum Gasteiger partial charge on any atom is -0.508 e. The molecular formula is C12H12O4. The number of aryl methyl sites for hydroxylation is 2.